The van der Waals surface area contributed by atoms with Gasteiger partial charge < -0.3 is 14.6 Å². The van der Waals surface area contributed by atoms with Crippen LogP contribution in [0.2, 0.25) is 5.02 Å². The molecule has 7 nitrogen and oxygen atoms in total. The molecule has 0 saturated heterocycles. The van der Waals surface area contributed by atoms with Crippen molar-refractivity contribution in [3.8, 4) is 5.75 Å². The van der Waals surface area contributed by atoms with E-state index in [-0.39, 0.29) is 17.9 Å². The molecule has 0 spiro atoms. The second-order valence-electron chi connectivity index (χ2n) is 5.40. The molecular formula is C16H12ClF3N4O3. The number of aryl methyl sites for hydroxylation is 1. The highest BCUT2D eigenvalue weighted by molar-refractivity contribution is 6.30. The van der Waals surface area contributed by atoms with Gasteiger partial charge in [0.05, 0.1) is 23.5 Å². The molecule has 0 atom stereocenters. The van der Waals surface area contributed by atoms with Gasteiger partial charge in [-0.1, -0.05) is 16.8 Å². The summed E-state index contributed by atoms with van der Waals surface area (Å²) >= 11 is 5.81. The average Bonchev–Trinajstić information content (AvgIpc) is 3.16. The first-order chi connectivity index (χ1) is 12.8. The van der Waals surface area contributed by atoms with Crippen molar-refractivity contribution in [1.82, 2.24) is 14.9 Å². The maximum Gasteiger partial charge on any atom is 0.387 e. The molecular weight excluding hydrogens is 389 g/mol. The van der Waals surface area contributed by atoms with Gasteiger partial charge in [0.2, 0.25) is 0 Å². The van der Waals surface area contributed by atoms with Crippen molar-refractivity contribution in [3.63, 3.8) is 0 Å². The van der Waals surface area contributed by atoms with Crippen LogP contribution in [0.15, 0.2) is 35.1 Å². The lowest BCUT2D eigenvalue weighted by Crippen LogP contribution is -2.17. The molecule has 0 bridgehead atoms. The summed E-state index contributed by atoms with van der Waals surface area (Å²) in [6.45, 7) is -1.43. The van der Waals surface area contributed by atoms with Crippen molar-refractivity contribution >= 4 is 23.2 Å². The summed E-state index contributed by atoms with van der Waals surface area (Å²) in [7, 11) is 0. The number of benzene rings is 1. The van der Waals surface area contributed by atoms with Crippen LogP contribution in [-0.4, -0.2) is 27.5 Å². The van der Waals surface area contributed by atoms with Gasteiger partial charge in [0.15, 0.2) is 11.4 Å². The highest BCUT2D eigenvalue weighted by atomic mass is 35.5. The SMILES string of the molecule is Cc1onc(C(=O)Nc2ccc(F)cc2OC(F)F)c1Cn1cc(Cl)cn1. The van der Waals surface area contributed by atoms with E-state index in [0.29, 0.717) is 16.3 Å². The fourth-order valence-electron chi connectivity index (χ4n) is 2.32. The Kier molecular flexibility index (Phi) is 5.36. The Balaban J connectivity index is 1.85. The van der Waals surface area contributed by atoms with Crippen LogP contribution >= 0.6 is 11.6 Å². The topological polar surface area (TPSA) is 82.2 Å². The summed E-state index contributed by atoms with van der Waals surface area (Å²) in [5.41, 5.74) is 0.201. The minimum Gasteiger partial charge on any atom is -0.432 e. The zero-order valence-corrected chi connectivity index (χ0v) is 14.5. The van der Waals surface area contributed by atoms with E-state index in [1.807, 2.05) is 0 Å². The van der Waals surface area contributed by atoms with Gasteiger partial charge in [-0.25, -0.2) is 4.39 Å². The Hall–Kier alpha value is -3.01. The van der Waals surface area contributed by atoms with Crippen LogP contribution in [-0.2, 0) is 6.54 Å². The van der Waals surface area contributed by atoms with E-state index in [9.17, 15) is 18.0 Å². The summed E-state index contributed by atoms with van der Waals surface area (Å²) in [5, 5.41) is 10.5. The summed E-state index contributed by atoms with van der Waals surface area (Å²) in [5.74, 6) is -1.68. The van der Waals surface area contributed by atoms with Crippen LogP contribution < -0.4 is 10.1 Å². The summed E-state index contributed by atoms with van der Waals surface area (Å²) in [6, 6.07) is 2.84. The van der Waals surface area contributed by atoms with Crippen molar-refractivity contribution in [2.75, 3.05) is 5.32 Å². The molecule has 0 aliphatic carbocycles. The van der Waals surface area contributed by atoms with Crippen LogP contribution in [0.1, 0.15) is 21.8 Å². The number of carbonyl (C=O) groups excluding carboxylic acids is 1. The van der Waals surface area contributed by atoms with Crippen molar-refractivity contribution in [3.05, 3.63) is 58.5 Å². The summed E-state index contributed by atoms with van der Waals surface area (Å²) in [4.78, 5) is 12.5. The average molecular weight is 401 g/mol. The van der Waals surface area contributed by atoms with Crippen LogP contribution in [0.5, 0.6) is 5.75 Å². The van der Waals surface area contributed by atoms with Crippen molar-refractivity contribution in [2.24, 2.45) is 0 Å². The molecule has 0 radical (unpaired) electrons. The molecule has 1 N–H and O–H groups in total. The van der Waals surface area contributed by atoms with Crippen LogP contribution in [0, 0.1) is 12.7 Å². The molecule has 142 valence electrons. The number of anilines is 1. The van der Waals surface area contributed by atoms with E-state index in [2.05, 4.69) is 20.3 Å². The molecule has 27 heavy (non-hydrogen) atoms. The number of alkyl halides is 2. The Morgan fingerprint density at radius 1 is 1.44 bits per heavy atom. The Morgan fingerprint density at radius 2 is 2.22 bits per heavy atom. The fourth-order valence-corrected chi connectivity index (χ4v) is 2.47. The number of aromatic nitrogens is 3. The molecule has 11 heteroatoms. The van der Waals surface area contributed by atoms with Gasteiger partial charge in [0.25, 0.3) is 5.91 Å². The predicted octanol–water partition coefficient (Wildman–Crippen LogP) is 3.87. The van der Waals surface area contributed by atoms with E-state index in [4.69, 9.17) is 16.1 Å². The molecule has 1 aromatic carbocycles. The molecule has 0 unspecified atom stereocenters. The third-order valence-electron chi connectivity index (χ3n) is 3.53. The van der Waals surface area contributed by atoms with E-state index < -0.39 is 24.1 Å². The van der Waals surface area contributed by atoms with E-state index in [0.717, 1.165) is 18.2 Å². The van der Waals surface area contributed by atoms with E-state index >= 15 is 0 Å². The molecule has 0 fully saturated rings. The minimum atomic E-state index is -3.18. The van der Waals surface area contributed by atoms with Crippen molar-refractivity contribution in [2.45, 2.75) is 20.1 Å². The molecule has 0 saturated carbocycles. The lowest BCUT2D eigenvalue weighted by Gasteiger charge is -2.11. The first kappa shape index (κ1) is 18.8. The highest BCUT2D eigenvalue weighted by Crippen LogP contribution is 2.28. The lowest BCUT2D eigenvalue weighted by molar-refractivity contribution is -0.0495. The van der Waals surface area contributed by atoms with Gasteiger partial charge >= 0.3 is 6.61 Å². The standard InChI is InChI=1S/C16H12ClF3N4O3/c1-8-11(7-24-6-9(17)5-21-24)14(23-27-8)15(25)22-12-3-2-10(18)4-13(12)26-16(19)20/h2-6,16H,7H2,1H3,(H,22,25). The second-order valence-corrected chi connectivity index (χ2v) is 5.83. The smallest absolute Gasteiger partial charge is 0.387 e. The second kappa shape index (κ2) is 7.70. The number of carbonyl (C=O) groups is 1. The minimum absolute atomic E-state index is 0.0774. The van der Waals surface area contributed by atoms with Crippen LogP contribution in [0.4, 0.5) is 18.9 Å². The largest absolute Gasteiger partial charge is 0.432 e. The first-order valence-electron chi connectivity index (χ1n) is 7.52. The number of nitrogens with zero attached hydrogens (tertiary/aromatic N) is 3. The van der Waals surface area contributed by atoms with Gasteiger partial charge in [0, 0.05) is 17.8 Å². The summed E-state index contributed by atoms with van der Waals surface area (Å²) in [6.07, 6.45) is 2.97. The number of hydrogen-bond acceptors (Lipinski definition) is 5. The molecule has 3 rings (SSSR count). The molecule has 2 aromatic heterocycles. The fraction of sp³-hybridized carbons (Fsp3) is 0.188. The highest BCUT2D eigenvalue weighted by Gasteiger charge is 2.22. The molecule has 1 amide bonds. The molecule has 3 aromatic rings. The maximum absolute atomic E-state index is 13.3. The van der Waals surface area contributed by atoms with E-state index in [1.54, 1.807) is 13.1 Å². The number of hydrogen-bond donors (Lipinski definition) is 1. The summed E-state index contributed by atoms with van der Waals surface area (Å²) < 4.78 is 49.0. The maximum atomic E-state index is 13.3. The van der Waals surface area contributed by atoms with Gasteiger partial charge in [-0.05, 0) is 19.1 Å². The Labute approximate surface area is 155 Å². The van der Waals surface area contributed by atoms with E-state index in [1.165, 1.54) is 10.9 Å². The van der Waals surface area contributed by atoms with Crippen molar-refractivity contribution in [1.29, 1.82) is 0 Å². The van der Waals surface area contributed by atoms with Crippen molar-refractivity contribution < 1.29 is 27.2 Å². The Bertz CT molecular complexity index is 974. The van der Waals surface area contributed by atoms with Crippen LogP contribution in [0.25, 0.3) is 0 Å². The number of amides is 1. The van der Waals surface area contributed by atoms with Gasteiger partial charge in [-0.3, -0.25) is 9.48 Å². The number of nitrogens with one attached hydrogen (secondary N) is 1. The van der Waals surface area contributed by atoms with Gasteiger partial charge in [0.1, 0.15) is 11.6 Å². The third-order valence-corrected chi connectivity index (χ3v) is 3.72. The predicted molar refractivity (Wildman–Crippen MR) is 88.6 cm³/mol. The number of halogens is 4. The zero-order valence-electron chi connectivity index (χ0n) is 13.7. The molecule has 0 aliphatic heterocycles. The van der Waals surface area contributed by atoms with Crippen LogP contribution in [0.3, 0.4) is 0 Å². The van der Waals surface area contributed by atoms with Gasteiger partial charge in [-0.2, -0.15) is 13.9 Å². The first-order valence-corrected chi connectivity index (χ1v) is 7.90. The lowest BCUT2D eigenvalue weighted by atomic mass is 10.1. The Morgan fingerprint density at radius 3 is 2.89 bits per heavy atom. The zero-order chi connectivity index (χ0) is 19.6. The van der Waals surface area contributed by atoms with Gasteiger partial charge in [-0.15, -0.1) is 0 Å². The quantitative estimate of drug-likeness (QED) is 0.679. The molecule has 0 aliphatic rings. The number of rotatable bonds is 6. The third kappa shape index (κ3) is 4.40. The normalized spacial score (nSPS) is 11.0. The monoisotopic (exact) mass is 400 g/mol. The number of ether oxygens (including phenoxy) is 1. The molecule has 2 heterocycles.